The summed E-state index contributed by atoms with van der Waals surface area (Å²) < 4.78 is 6.86. The molecule has 0 aliphatic rings. The van der Waals surface area contributed by atoms with E-state index in [1.165, 1.54) is 24.3 Å². The van der Waals surface area contributed by atoms with Crippen molar-refractivity contribution in [3.05, 3.63) is 42.0 Å². The van der Waals surface area contributed by atoms with E-state index in [4.69, 9.17) is 4.74 Å². The van der Waals surface area contributed by atoms with Crippen LogP contribution >= 0.6 is 0 Å². The van der Waals surface area contributed by atoms with Crippen molar-refractivity contribution in [3.8, 4) is 11.4 Å². The second kappa shape index (κ2) is 7.13. The van der Waals surface area contributed by atoms with E-state index in [9.17, 15) is 4.79 Å². The number of amides is 1. The van der Waals surface area contributed by atoms with Crippen LogP contribution in [0.4, 0.5) is 11.6 Å². The van der Waals surface area contributed by atoms with E-state index in [0.717, 1.165) is 0 Å². The van der Waals surface area contributed by atoms with Gasteiger partial charge < -0.3 is 15.0 Å². The number of nitrogens with zero attached hydrogens (tertiary/aromatic N) is 7. The van der Waals surface area contributed by atoms with Gasteiger partial charge in [0, 0.05) is 26.4 Å². The minimum absolute atomic E-state index is 0.318. The highest BCUT2D eigenvalue weighted by Gasteiger charge is 2.15. The van der Waals surface area contributed by atoms with Gasteiger partial charge in [-0.25, -0.2) is 14.6 Å². The van der Waals surface area contributed by atoms with Gasteiger partial charge in [-0.3, -0.25) is 4.79 Å². The number of ether oxygens (including phenoxy) is 1. The van der Waals surface area contributed by atoms with Crippen LogP contribution in [0.25, 0.3) is 5.69 Å². The van der Waals surface area contributed by atoms with E-state index in [1.54, 1.807) is 30.0 Å². The van der Waals surface area contributed by atoms with Gasteiger partial charge in [0.05, 0.1) is 29.7 Å². The zero-order valence-corrected chi connectivity index (χ0v) is 14.8. The number of hydrogen-bond acceptors (Lipinski definition) is 8. The van der Waals surface area contributed by atoms with Crippen LogP contribution in [0.15, 0.2) is 30.7 Å². The Hall–Kier alpha value is -3.56. The molecule has 1 amide bonds. The fourth-order valence-corrected chi connectivity index (χ4v) is 2.29. The Morgan fingerprint density at radius 2 is 2.12 bits per heavy atom. The minimum Gasteiger partial charge on any atom is -0.494 e. The van der Waals surface area contributed by atoms with Crippen LogP contribution < -0.4 is 15.0 Å². The third kappa shape index (κ3) is 3.43. The molecule has 0 aliphatic heterocycles. The quantitative estimate of drug-likeness (QED) is 0.725. The molecule has 2 heterocycles. The summed E-state index contributed by atoms with van der Waals surface area (Å²) in [5, 5.41) is 13.8. The van der Waals surface area contributed by atoms with Crippen LogP contribution in [0.5, 0.6) is 5.75 Å². The maximum absolute atomic E-state index is 12.6. The molecule has 0 saturated carbocycles. The van der Waals surface area contributed by atoms with E-state index in [2.05, 4.69) is 30.8 Å². The van der Waals surface area contributed by atoms with Crippen molar-refractivity contribution < 1.29 is 9.53 Å². The van der Waals surface area contributed by atoms with Crippen LogP contribution in [0.1, 0.15) is 16.1 Å². The Balaban J connectivity index is 1.85. The molecule has 1 aromatic carbocycles. The average molecular weight is 354 g/mol. The predicted molar refractivity (Wildman–Crippen MR) is 94.8 cm³/mol. The lowest BCUT2D eigenvalue weighted by Gasteiger charge is -2.14. The molecule has 3 aromatic rings. The lowest BCUT2D eigenvalue weighted by molar-refractivity contribution is 0.102. The maximum Gasteiger partial charge on any atom is 0.259 e. The number of rotatable bonds is 5. The molecule has 0 aliphatic carbocycles. The summed E-state index contributed by atoms with van der Waals surface area (Å²) in [5.74, 6) is 0.707. The Labute approximate surface area is 149 Å². The molecule has 134 valence electrons. The molecule has 0 atom stereocenters. The number of tetrazole rings is 1. The Morgan fingerprint density at radius 3 is 2.73 bits per heavy atom. The van der Waals surface area contributed by atoms with Crippen LogP contribution in [-0.2, 0) is 0 Å². The van der Waals surface area contributed by atoms with Crippen LogP contribution in [0, 0.1) is 6.92 Å². The standard InChI is InChI=1S/C16H18N8O2/c1-10-12(8-17-16(19-10)23(2)3)15(25)20-13-6-5-11(7-14(13)26-4)24-9-18-21-22-24/h5-9H,1-4H3,(H,20,25). The van der Waals surface area contributed by atoms with E-state index >= 15 is 0 Å². The Morgan fingerprint density at radius 1 is 1.31 bits per heavy atom. The molecular formula is C16H18N8O2. The molecule has 0 fully saturated rings. The molecule has 1 N–H and O–H groups in total. The molecule has 0 bridgehead atoms. The molecule has 26 heavy (non-hydrogen) atoms. The number of carbonyl (C=O) groups is 1. The topological polar surface area (TPSA) is 111 Å². The molecule has 3 rings (SSSR count). The summed E-state index contributed by atoms with van der Waals surface area (Å²) in [7, 11) is 5.20. The second-order valence-corrected chi connectivity index (χ2v) is 5.66. The van der Waals surface area contributed by atoms with Crippen molar-refractivity contribution in [2.45, 2.75) is 6.92 Å². The lowest BCUT2D eigenvalue weighted by Crippen LogP contribution is -2.18. The molecular weight excluding hydrogens is 336 g/mol. The molecule has 10 heteroatoms. The van der Waals surface area contributed by atoms with Crippen molar-refractivity contribution in [2.75, 3.05) is 31.4 Å². The summed E-state index contributed by atoms with van der Waals surface area (Å²) in [6.07, 6.45) is 2.98. The van der Waals surface area contributed by atoms with E-state index in [-0.39, 0.29) is 5.91 Å². The van der Waals surface area contributed by atoms with Crippen molar-refractivity contribution in [1.82, 2.24) is 30.2 Å². The number of carbonyl (C=O) groups excluding carboxylic acids is 1. The van der Waals surface area contributed by atoms with Gasteiger partial charge in [-0.15, -0.1) is 5.10 Å². The van der Waals surface area contributed by atoms with Crippen molar-refractivity contribution >= 4 is 17.5 Å². The molecule has 0 spiro atoms. The average Bonchev–Trinajstić information content (AvgIpc) is 3.16. The number of nitrogens with one attached hydrogen (secondary N) is 1. The van der Waals surface area contributed by atoms with Crippen molar-refractivity contribution in [1.29, 1.82) is 0 Å². The van der Waals surface area contributed by atoms with Gasteiger partial charge in [-0.2, -0.15) is 0 Å². The highest BCUT2D eigenvalue weighted by molar-refractivity contribution is 6.05. The largest absolute Gasteiger partial charge is 0.494 e. The van der Waals surface area contributed by atoms with Gasteiger partial charge in [0.25, 0.3) is 5.91 Å². The molecule has 0 radical (unpaired) electrons. The lowest BCUT2D eigenvalue weighted by atomic mass is 10.2. The van der Waals surface area contributed by atoms with Gasteiger partial charge in [0.2, 0.25) is 5.95 Å². The van der Waals surface area contributed by atoms with Crippen LogP contribution in [0.2, 0.25) is 0 Å². The predicted octanol–water partition coefficient (Wildman–Crippen LogP) is 1.09. The number of aryl methyl sites for hydroxylation is 1. The van der Waals surface area contributed by atoms with Gasteiger partial charge in [0.15, 0.2) is 0 Å². The third-order valence-corrected chi connectivity index (χ3v) is 3.66. The van der Waals surface area contributed by atoms with Gasteiger partial charge in [-0.05, 0) is 29.5 Å². The highest BCUT2D eigenvalue weighted by atomic mass is 16.5. The summed E-state index contributed by atoms with van der Waals surface area (Å²) in [6, 6.07) is 5.22. The summed E-state index contributed by atoms with van der Waals surface area (Å²) in [6.45, 7) is 1.77. The fraction of sp³-hybridized carbons (Fsp3) is 0.250. The number of aromatic nitrogens is 6. The van der Waals surface area contributed by atoms with Gasteiger partial charge in [0.1, 0.15) is 12.1 Å². The maximum atomic E-state index is 12.6. The smallest absolute Gasteiger partial charge is 0.259 e. The summed E-state index contributed by atoms with van der Waals surface area (Å²) >= 11 is 0. The van der Waals surface area contributed by atoms with Crippen LogP contribution in [-0.4, -0.2) is 57.3 Å². The first-order chi connectivity index (χ1) is 12.5. The number of methoxy groups -OCH3 is 1. The van der Waals surface area contributed by atoms with E-state index in [0.29, 0.717) is 34.3 Å². The second-order valence-electron chi connectivity index (χ2n) is 5.66. The number of hydrogen-bond donors (Lipinski definition) is 1. The highest BCUT2D eigenvalue weighted by Crippen LogP contribution is 2.27. The van der Waals surface area contributed by atoms with E-state index < -0.39 is 0 Å². The normalized spacial score (nSPS) is 10.5. The van der Waals surface area contributed by atoms with Crippen LogP contribution in [0.3, 0.4) is 0 Å². The molecule has 10 nitrogen and oxygen atoms in total. The Kier molecular flexibility index (Phi) is 4.74. The van der Waals surface area contributed by atoms with Gasteiger partial charge >= 0.3 is 0 Å². The zero-order chi connectivity index (χ0) is 18.7. The zero-order valence-electron chi connectivity index (χ0n) is 14.8. The molecule has 0 saturated heterocycles. The number of anilines is 2. The van der Waals surface area contributed by atoms with Crippen molar-refractivity contribution in [2.24, 2.45) is 0 Å². The first kappa shape index (κ1) is 17.3. The first-order valence-corrected chi connectivity index (χ1v) is 7.73. The minimum atomic E-state index is -0.318. The summed E-state index contributed by atoms with van der Waals surface area (Å²) in [5.41, 5.74) is 2.21. The summed E-state index contributed by atoms with van der Waals surface area (Å²) in [4.78, 5) is 22.9. The fourth-order valence-electron chi connectivity index (χ4n) is 2.29. The Bertz CT molecular complexity index is 924. The monoisotopic (exact) mass is 354 g/mol. The number of benzene rings is 1. The SMILES string of the molecule is COc1cc(-n2cnnn2)ccc1NC(=O)c1cnc(N(C)C)nc1C. The van der Waals surface area contributed by atoms with E-state index in [1.807, 2.05) is 14.1 Å². The van der Waals surface area contributed by atoms with Gasteiger partial charge in [-0.1, -0.05) is 0 Å². The molecule has 2 aromatic heterocycles. The first-order valence-electron chi connectivity index (χ1n) is 7.73. The van der Waals surface area contributed by atoms with Crippen molar-refractivity contribution in [3.63, 3.8) is 0 Å². The molecule has 0 unspecified atom stereocenters. The third-order valence-electron chi connectivity index (χ3n) is 3.66.